The number of anilines is 2. The molecule has 0 fully saturated rings. The van der Waals surface area contributed by atoms with E-state index in [2.05, 4.69) is 46.4 Å². The Hall–Kier alpha value is -2.57. The fourth-order valence-corrected chi connectivity index (χ4v) is 2.75. The van der Waals surface area contributed by atoms with Crippen LogP contribution in [-0.2, 0) is 7.05 Å². The molecule has 0 radical (unpaired) electrons. The molecule has 2 aromatic carbocycles. The first kappa shape index (κ1) is 16.8. The normalized spacial score (nSPS) is 10.5. The summed E-state index contributed by atoms with van der Waals surface area (Å²) in [6.07, 6.45) is 1.97. The zero-order valence-electron chi connectivity index (χ0n) is 13.0. The second-order valence-corrected chi connectivity index (χ2v) is 5.78. The fourth-order valence-electron chi connectivity index (χ4n) is 2.07. The lowest BCUT2D eigenvalue weighted by atomic mass is 10.2. The first-order chi connectivity index (χ1) is 10.7. The van der Waals surface area contributed by atoms with Gasteiger partial charge < -0.3 is 10.4 Å². The fraction of sp³-hybridized carbons (Fsp3) is 0.118. The molecule has 0 atom stereocenters. The largest absolute Gasteiger partial charge is 0.870 e. The number of azo groups is 1. The van der Waals surface area contributed by atoms with Crippen LogP contribution < -0.4 is 9.47 Å². The third kappa shape index (κ3) is 4.00. The minimum absolute atomic E-state index is 0. The van der Waals surface area contributed by atoms with Gasteiger partial charge in [0.25, 0.3) is 0 Å². The molecule has 6 heteroatoms. The van der Waals surface area contributed by atoms with E-state index >= 15 is 0 Å². The lowest BCUT2D eigenvalue weighted by molar-refractivity contribution is -0.654. The van der Waals surface area contributed by atoms with Crippen molar-refractivity contribution >= 4 is 33.5 Å². The number of thiazole rings is 1. The van der Waals surface area contributed by atoms with E-state index in [4.69, 9.17) is 0 Å². The molecule has 0 saturated heterocycles. The summed E-state index contributed by atoms with van der Waals surface area (Å²) in [5.41, 5.74) is 3.12. The second-order valence-electron chi connectivity index (χ2n) is 4.91. The highest BCUT2D eigenvalue weighted by atomic mass is 32.1. The summed E-state index contributed by atoms with van der Waals surface area (Å²) < 4.78 is 1.95. The van der Waals surface area contributed by atoms with Crippen LogP contribution in [0.25, 0.3) is 0 Å². The van der Waals surface area contributed by atoms with Crippen LogP contribution in [0, 0.1) is 0 Å². The van der Waals surface area contributed by atoms with Gasteiger partial charge in [-0.1, -0.05) is 18.2 Å². The topological polar surface area (TPSA) is 61.8 Å². The first-order valence-electron chi connectivity index (χ1n) is 6.98. The molecule has 0 spiro atoms. The molecule has 3 rings (SSSR count). The van der Waals surface area contributed by atoms with E-state index in [1.54, 1.807) is 11.3 Å². The third-order valence-corrected chi connectivity index (χ3v) is 4.23. The van der Waals surface area contributed by atoms with Gasteiger partial charge in [-0.25, -0.2) is 4.57 Å². The quantitative estimate of drug-likeness (QED) is 0.520. The lowest BCUT2D eigenvalue weighted by Gasteiger charge is -2.19. The van der Waals surface area contributed by atoms with Crippen LogP contribution in [0.4, 0.5) is 22.2 Å². The molecule has 0 aliphatic carbocycles. The Balaban J connectivity index is 0.00000192. The highest BCUT2D eigenvalue weighted by molar-refractivity contribution is 7.12. The van der Waals surface area contributed by atoms with Crippen LogP contribution in [0.2, 0.25) is 0 Å². The lowest BCUT2D eigenvalue weighted by Crippen LogP contribution is -2.23. The van der Waals surface area contributed by atoms with Gasteiger partial charge in [-0.15, -0.1) is 0 Å². The van der Waals surface area contributed by atoms with E-state index in [-0.39, 0.29) is 5.48 Å². The molecule has 1 heterocycles. The van der Waals surface area contributed by atoms with Crippen molar-refractivity contribution in [2.45, 2.75) is 0 Å². The van der Waals surface area contributed by atoms with Crippen molar-refractivity contribution in [3.63, 3.8) is 0 Å². The van der Waals surface area contributed by atoms with Crippen molar-refractivity contribution in [2.24, 2.45) is 17.3 Å². The molecule has 0 bridgehead atoms. The summed E-state index contributed by atoms with van der Waals surface area (Å²) in [5.74, 6) is 0. The molecule has 23 heavy (non-hydrogen) atoms. The molecule has 0 aliphatic rings. The molecule has 118 valence electrons. The van der Waals surface area contributed by atoms with E-state index < -0.39 is 0 Å². The number of aromatic nitrogens is 1. The van der Waals surface area contributed by atoms with Gasteiger partial charge in [-0.3, -0.25) is 0 Å². The number of benzene rings is 2. The number of para-hydroxylation sites is 1. The molecular weight excluding hydrogens is 308 g/mol. The van der Waals surface area contributed by atoms with Crippen molar-refractivity contribution < 1.29 is 10.0 Å². The van der Waals surface area contributed by atoms with Gasteiger partial charge in [0.1, 0.15) is 11.9 Å². The highest BCUT2D eigenvalue weighted by Crippen LogP contribution is 2.26. The van der Waals surface area contributed by atoms with Crippen LogP contribution in [0.1, 0.15) is 0 Å². The number of rotatable bonds is 4. The van der Waals surface area contributed by atoms with Crippen molar-refractivity contribution in [3.8, 4) is 0 Å². The summed E-state index contributed by atoms with van der Waals surface area (Å²) in [6, 6.07) is 18.3. The third-order valence-electron chi connectivity index (χ3n) is 3.39. The molecule has 1 N–H and O–H groups in total. The summed E-state index contributed by atoms with van der Waals surface area (Å²) in [6.45, 7) is 0. The Morgan fingerprint density at radius 3 is 2.17 bits per heavy atom. The monoisotopic (exact) mass is 326 g/mol. The zero-order chi connectivity index (χ0) is 15.4. The Morgan fingerprint density at radius 1 is 0.913 bits per heavy atom. The number of aryl methyl sites for hydroxylation is 1. The number of hydrogen-bond donors (Lipinski definition) is 0. The SMILES string of the molecule is CN(c1ccccc1)c1ccc(N=Nc2scc[n+]2C)cc1.[OH-]. The zero-order valence-corrected chi connectivity index (χ0v) is 13.8. The Kier molecular flexibility index (Phi) is 5.56. The molecule has 1 aromatic heterocycles. The van der Waals surface area contributed by atoms with Crippen molar-refractivity contribution in [1.82, 2.24) is 0 Å². The summed E-state index contributed by atoms with van der Waals surface area (Å²) in [5, 5.41) is 11.4. The van der Waals surface area contributed by atoms with Crippen LogP contribution in [-0.4, -0.2) is 12.5 Å². The smallest absolute Gasteiger partial charge is 0.408 e. The highest BCUT2D eigenvalue weighted by Gasteiger charge is 2.07. The standard InChI is InChI=1S/C17H17N4S.H2O/c1-20-12-13-22-17(20)19-18-14-8-10-16(11-9-14)21(2)15-6-4-3-5-7-15;/h3-13H,1-2H3;1H2/q+1;/p-1. The molecule has 0 saturated carbocycles. The molecule has 5 nitrogen and oxygen atoms in total. The van der Waals surface area contributed by atoms with Gasteiger partial charge in [0.2, 0.25) is 0 Å². The van der Waals surface area contributed by atoms with Crippen LogP contribution in [0.5, 0.6) is 0 Å². The summed E-state index contributed by atoms with van der Waals surface area (Å²) in [4.78, 5) is 2.14. The van der Waals surface area contributed by atoms with Crippen molar-refractivity contribution in [3.05, 3.63) is 66.2 Å². The molecular formula is C17H18N4OS. The van der Waals surface area contributed by atoms with Gasteiger partial charge in [-0.05, 0) is 52.8 Å². The molecule has 0 unspecified atom stereocenters. The Morgan fingerprint density at radius 2 is 1.57 bits per heavy atom. The second kappa shape index (κ2) is 7.62. The number of nitrogens with zero attached hydrogens (tertiary/aromatic N) is 4. The first-order valence-corrected chi connectivity index (χ1v) is 7.86. The van der Waals surface area contributed by atoms with Crippen LogP contribution in [0.3, 0.4) is 0 Å². The van der Waals surface area contributed by atoms with E-state index in [9.17, 15) is 0 Å². The van der Waals surface area contributed by atoms with Gasteiger partial charge >= 0.3 is 5.13 Å². The Bertz CT molecular complexity index is 769. The maximum Gasteiger partial charge on any atom is 0.408 e. The summed E-state index contributed by atoms with van der Waals surface area (Å²) in [7, 11) is 4.01. The van der Waals surface area contributed by atoms with Gasteiger partial charge in [0.15, 0.2) is 0 Å². The average molecular weight is 326 g/mol. The average Bonchev–Trinajstić information content (AvgIpc) is 2.99. The van der Waals surface area contributed by atoms with Crippen LogP contribution in [0.15, 0.2) is 76.4 Å². The van der Waals surface area contributed by atoms with Crippen molar-refractivity contribution in [1.29, 1.82) is 0 Å². The van der Waals surface area contributed by atoms with E-state index in [0.29, 0.717) is 0 Å². The minimum atomic E-state index is 0. The van der Waals surface area contributed by atoms with E-state index in [1.807, 2.05) is 53.5 Å². The van der Waals surface area contributed by atoms with Crippen LogP contribution >= 0.6 is 11.3 Å². The van der Waals surface area contributed by atoms with E-state index in [0.717, 1.165) is 22.2 Å². The number of hydrogen-bond acceptors (Lipinski definition) is 5. The van der Waals surface area contributed by atoms with Gasteiger partial charge in [-0.2, -0.15) is 0 Å². The molecule has 0 aliphatic heterocycles. The maximum absolute atomic E-state index is 4.28. The predicted octanol–water partition coefficient (Wildman–Crippen LogP) is 4.58. The van der Waals surface area contributed by atoms with E-state index in [1.165, 1.54) is 0 Å². The van der Waals surface area contributed by atoms with Crippen molar-refractivity contribution in [2.75, 3.05) is 11.9 Å². The molecule has 3 aromatic rings. The summed E-state index contributed by atoms with van der Waals surface area (Å²) >= 11 is 1.57. The minimum Gasteiger partial charge on any atom is -0.870 e. The Labute approximate surface area is 139 Å². The van der Waals surface area contributed by atoms with Gasteiger partial charge in [0.05, 0.1) is 12.2 Å². The predicted molar refractivity (Wildman–Crippen MR) is 92.6 cm³/mol. The molecule has 0 amide bonds. The van der Waals surface area contributed by atoms with Gasteiger partial charge in [0, 0.05) is 23.8 Å². The maximum atomic E-state index is 4.28.